The summed E-state index contributed by atoms with van der Waals surface area (Å²) >= 11 is 1.72. The zero-order valence-corrected chi connectivity index (χ0v) is 9.10. The first-order valence-electron chi connectivity index (χ1n) is 4.49. The Kier molecular flexibility index (Phi) is 3.38. The minimum absolute atomic E-state index is 0.130. The Hall–Kier alpha value is -0.0600. The van der Waals surface area contributed by atoms with Crippen LogP contribution in [-0.4, -0.2) is 33.7 Å². The lowest BCUT2D eigenvalue weighted by Gasteiger charge is -2.24. The highest BCUT2D eigenvalue weighted by Crippen LogP contribution is 2.34. The smallest absolute Gasteiger partial charge is 0.137 e. The van der Waals surface area contributed by atoms with E-state index in [-0.39, 0.29) is 16.0 Å². The molecule has 0 aliphatic carbocycles. The molecule has 13 heavy (non-hydrogen) atoms. The number of nitrogens with one attached hydrogen (secondary N) is 1. The van der Waals surface area contributed by atoms with Crippen LogP contribution in [0.5, 0.6) is 0 Å². The van der Waals surface area contributed by atoms with Crippen molar-refractivity contribution in [3.05, 3.63) is 0 Å². The maximum atomic E-state index is 10.5. The quantitative estimate of drug-likeness (QED) is 0.651. The Morgan fingerprint density at radius 1 is 1.54 bits per heavy atom. The molecule has 1 fully saturated rings. The van der Waals surface area contributed by atoms with Gasteiger partial charge in [-0.05, 0) is 6.42 Å². The van der Waals surface area contributed by atoms with E-state index in [1.54, 1.807) is 11.8 Å². The molecule has 1 aliphatic heterocycles. The molecule has 0 aromatic heterocycles. The first kappa shape index (κ1) is 11.0. The van der Waals surface area contributed by atoms with Crippen molar-refractivity contribution in [1.82, 2.24) is 5.32 Å². The van der Waals surface area contributed by atoms with Gasteiger partial charge in [0, 0.05) is 10.00 Å². The van der Waals surface area contributed by atoms with Gasteiger partial charge >= 0.3 is 0 Å². The predicted molar refractivity (Wildman–Crippen MR) is 54.7 cm³/mol. The van der Waals surface area contributed by atoms with Gasteiger partial charge in [0.25, 0.3) is 0 Å². The van der Waals surface area contributed by atoms with Crippen molar-refractivity contribution in [2.45, 2.75) is 49.5 Å². The van der Waals surface area contributed by atoms with Gasteiger partial charge in [0.05, 0.1) is 6.04 Å². The van der Waals surface area contributed by atoms with Crippen molar-refractivity contribution in [1.29, 1.82) is 0 Å². The van der Waals surface area contributed by atoms with Crippen LogP contribution >= 0.6 is 11.8 Å². The fraction of sp³-hybridized carbons (Fsp3) is 0.889. The highest BCUT2D eigenvalue weighted by atomic mass is 32.2. The Morgan fingerprint density at radius 3 is 2.54 bits per heavy atom. The van der Waals surface area contributed by atoms with Gasteiger partial charge in [-0.25, -0.2) is 0 Å². The van der Waals surface area contributed by atoms with Gasteiger partial charge in [-0.1, -0.05) is 20.8 Å². The average Bonchev–Trinajstić information content (AvgIpc) is 2.29. The standard InChI is InChI=1S/C9H17NO2S/c1-9(2,3)13-7-4-6(5-11)10-8(7)12/h5-8,10,12H,4H2,1-3H3/t6-,7+,8?/m0/s1. The number of aliphatic hydroxyl groups is 1. The van der Waals surface area contributed by atoms with Crippen LogP contribution < -0.4 is 5.32 Å². The molecule has 2 N–H and O–H groups in total. The van der Waals surface area contributed by atoms with Crippen molar-refractivity contribution in [3.8, 4) is 0 Å². The molecule has 1 heterocycles. The van der Waals surface area contributed by atoms with Crippen molar-refractivity contribution in [3.63, 3.8) is 0 Å². The fourth-order valence-electron chi connectivity index (χ4n) is 1.44. The number of rotatable bonds is 2. The highest BCUT2D eigenvalue weighted by molar-refractivity contribution is 8.01. The van der Waals surface area contributed by atoms with Crippen LogP contribution in [0.15, 0.2) is 0 Å². The summed E-state index contributed by atoms with van der Waals surface area (Å²) < 4.78 is 0.130. The maximum absolute atomic E-state index is 10.5. The zero-order chi connectivity index (χ0) is 10.1. The number of thioether (sulfide) groups is 1. The van der Waals surface area contributed by atoms with Gasteiger partial charge in [-0.15, -0.1) is 11.8 Å². The number of carbonyl (C=O) groups is 1. The van der Waals surface area contributed by atoms with Crippen LogP contribution in [0.3, 0.4) is 0 Å². The Morgan fingerprint density at radius 2 is 2.15 bits per heavy atom. The second-order valence-electron chi connectivity index (χ2n) is 4.36. The monoisotopic (exact) mass is 203 g/mol. The summed E-state index contributed by atoms with van der Waals surface area (Å²) in [5.41, 5.74) is 0. The van der Waals surface area contributed by atoms with Crippen molar-refractivity contribution in [2.75, 3.05) is 0 Å². The molecule has 0 bridgehead atoms. The van der Waals surface area contributed by atoms with Gasteiger partial charge in [-0.2, -0.15) is 0 Å². The normalized spacial score (nSPS) is 34.9. The molecule has 1 aliphatic rings. The Labute approximate surface area is 83.3 Å². The summed E-state index contributed by atoms with van der Waals surface area (Å²) in [4.78, 5) is 10.5. The number of hydrogen-bond acceptors (Lipinski definition) is 4. The zero-order valence-electron chi connectivity index (χ0n) is 8.28. The first-order chi connectivity index (χ1) is 5.92. The van der Waals surface area contributed by atoms with E-state index in [4.69, 9.17) is 0 Å². The number of aldehydes is 1. The van der Waals surface area contributed by atoms with E-state index in [1.165, 1.54) is 0 Å². The minimum atomic E-state index is -0.542. The van der Waals surface area contributed by atoms with E-state index in [0.29, 0.717) is 0 Å². The van der Waals surface area contributed by atoms with E-state index < -0.39 is 6.23 Å². The SMILES string of the molecule is CC(C)(C)S[C@@H]1C[C@@H](C=O)NC1O. The van der Waals surface area contributed by atoms with Crippen LogP contribution in [0.25, 0.3) is 0 Å². The Balaban J connectivity index is 2.48. The van der Waals surface area contributed by atoms with Crippen molar-refractivity contribution < 1.29 is 9.90 Å². The largest absolute Gasteiger partial charge is 0.377 e. The molecule has 3 atom stereocenters. The van der Waals surface area contributed by atoms with Gasteiger partial charge in [0.2, 0.25) is 0 Å². The molecular formula is C9H17NO2S. The molecule has 76 valence electrons. The molecule has 0 radical (unpaired) electrons. The third-order valence-electron chi connectivity index (χ3n) is 1.89. The second kappa shape index (κ2) is 3.98. The van der Waals surface area contributed by atoms with E-state index in [0.717, 1.165) is 12.7 Å². The molecular weight excluding hydrogens is 186 g/mol. The molecule has 3 nitrogen and oxygen atoms in total. The molecule has 0 saturated carbocycles. The molecule has 1 saturated heterocycles. The summed E-state index contributed by atoms with van der Waals surface area (Å²) in [6, 6.07) is -0.171. The minimum Gasteiger partial charge on any atom is -0.377 e. The first-order valence-corrected chi connectivity index (χ1v) is 5.37. The van der Waals surface area contributed by atoms with Crippen LogP contribution in [-0.2, 0) is 4.79 Å². The summed E-state index contributed by atoms with van der Waals surface area (Å²) in [6.45, 7) is 6.33. The average molecular weight is 203 g/mol. The number of carbonyl (C=O) groups excluding carboxylic acids is 1. The highest BCUT2D eigenvalue weighted by Gasteiger charge is 2.34. The predicted octanol–water partition coefficient (Wildman–Crippen LogP) is 0.766. The molecule has 0 aromatic carbocycles. The van der Waals surface area contributed by atoms with Gasteiger partial charge in [0.1, 0.15) is 12.5 Å². The molecule has 1 rings (SSSR count). The van der Waals surface area contributed by atoms with E-state index in [2.05, 4.69) is 26.1 Å². The molecule has 0 amide bonds. The molecule has 0 aromatic rings. The maximum Gasteiger partial charge on any atom is 0.137 e. The van der Waals surface area contributed by atoms with Crippen LogP contribution in [0, 0.1) is 0 Å². The van der Waals surface area contributed by atoms with Gasteiger partial charge in [-0.3, -0.25) is 5.32 Å². The van der Waals surface area contributed by atoms with Crippen LogP contribution in [0.2, 0.25) is 0 Å². The van der Waals surface area contributed by atoms with E-state index in [1.807, 2.05) is 0 Å². The molecule has 0 spiro atoms. The Bertz CT molecular complexity index is 191. The lowest BCUT2D eigenvalue weighted by Crippen LogP contribution is -2.33. The fourth-order valence-corrected chi connectivity index (χ4v) is 2.85. The summed E-state index contributed by atoms with van der Waals surface area (Å²) in [5.74, 6) is 0. The third-order valence-corrected chi connectivity index (χ3v) is 3.35. The van der Waals surface area contributed by atoms with Crippen LogP contribution in [0.4, 0.5) is 0 Å². The van der Waals surface area contributed by atoms with Gasteiger partial charge in [0.15, 0.2) is 0 Å². The van der Waals surface area contributed by atoms with Crippen molar-refractivity contribution >= 4 is 18.0 Å². The second-order valence-corrected chi connectivity index (χ2v) is 6.42. The van der Waals surface area contributed by atoms with Gasteiger partial charge < -0.3 is 9.90 Å². The molecule has 4 heteroatoms. The van der Waals surface area contributed by atoms with E-state index in [9.17, 15) is 9.90 Å². The summed E-state index contributed by atoms with van der Waals surface area (Å²) in [6.07, 6.45) is 1.05. The van der Waals surface area contributed by atoms with E-state index >= 15 is 0 Å². The summed E-state index contributed by atoms with van der Waals surface area (Å²) in [5, 5.41) is 12.5. The topological polar surface area (TPSA) is 49.3 Å². The lowest BCUT2D eigenvalue weighted by atomic mass is 10.2. The number of hydrogen-bond donors (Lipinski definition) is 2. The molecule has 1 unspecified atom stereocenters. The number of aliphatic hydroxyl groups excluding tert-OH is 1. The third kappa shape index (κ3) is 3.29. The summed E-state index contributed by atoms with van der Waals surface area (Å²) in [7, 11) is 0. The van der Waals surface area contributed by atoms with Crippen molar-refractivity contribution in [2.24, 2.45) is 0 Å². The lowest BCUT2D eigenvalue weighted by molar-refractivity contribution is -0.109. The van der Waals surface area contributed by atoms with Crippen LogP contribution in [0.1, 0.15) is 27.2 Å².